The molecule has 0 aliphatic carbocycles. The van der Waals surface area contributed by atoms with Crippen LogP contribution in [0.5, 0.6) is 5.75 Å². The average molecular weight is 485 g/mol. The number of hydrogen-bond acceptors (Lipinski definition) is 2. The van der Waals surface area contributed by atoms with Crippen LogP contribution in [0.4, 0.5) is 0 Å². The van der Waals surface area contributed by atoms with Gasteiger partial charge in [-0.3, -0.25) is 0 Å². The number of phenols is 1. The van der Waals surface area contributed by atoms with Crippen molar-refractivity contribution in [3.05, 3.63) is 58.7 Å². The maximum absolute atomic E-state index is 12.0. The largest absolute Gasteiger partial charge is 0.507 e. The molecule has 0 bridgehead atoms. The highest BCUT2D eigenvalue weighted by Crippen LogP contribution is 2.54. The SMILES string of the molecule is CCCCC(CC)(Pc1ccccc1CO)c1cc(C(C)(C)C)cc(C(C)(C)C(C)CC)c1O. The lowest BCUT2D eigenvalue weighted by Gasteiger charge is -2.40. The first-order valence-electron chi connectivity index (χ1n) is 13.2. The van der Waals surface area contributed by atoms with Crippen LogP contribution in [0.2, 0.25) is 0 Å². The van der Waals surface area contributed by atoms with Crippen LogP contribution >= 0.6 is 8.58 Å². The Hall–Kier alpha value is -1.37. The average Bonchev–Trinajstić information content (AvgIpc) is 2.80. The van der Waals surface area contributed by atoms with Crippen molar-refractivity contribution in [2.24, 2.45) is 5.92 Å². The Kier molecular flexibility index (Phi) is 9.83. The molecule has 2 nitrogen and oxygen atoms in total. The van der Waals surface area contributed by atoms with Crippen LogP contribution < -0.4 is 5.30 Å². The maximum Gasteiger partial charge on any atom is 0.123 e. The minimum atomic E-state index is -0.160. The minimum absolute atomic E-state index is 0.0148. The zero-order valence-corrected chi connectivity index (χ0v) is 24.2. The Labute approximate surface area is 211 Å². The van der Waals surface area contributed by atoms with E-state index in [2.05, 4.69) is 86.6 Å². The number of phenolic OH excluding ortho intramolecular Hbond substituents is 1. The van der Waals surface area contributed by atoms with E-state index in [4.69, 9.17) is 0 Å². The molecule has 2 N–H and O–H groups in total. The summed E-state index contributed by atoms with van der Waals surface area (Å²) >= 11 is 0. The second-order valence-electron chi connectivity index (χ2n) is 11.7. The van der Waals surface area contributed by atoms with Gasteiger partial charge in [-0.15, -0.1) is 0 Å². The smallest absolute Gasteiger partial charge is 0.123 e. The van der Waals surface area contributed by atoms with Crippen LogP contribution in [0.3, 0.4) is 0 Å². The van der Waals surface area contributed by atoms with Gasteiger partial charge in [-0.25, -0.2) is 0 Å². The number of unbranched alkanes of at least 4 members (excludes halogenated alkanes) is 1. The number of hydrogen-bond donors (Lipinski definition) is 2. The van der Waals surface area contributed by atoms with Gasteiger partial charge in [-0.1, -0.05) is 127 Å². The Morgan fingerprint density at radius 2 is 1.56 bits per heavy atom. The molecule has 3 unspecified atom stereocenters. The topological polar surface area (TPSA) is 40.5 Å². The molecule has 2 aromatic carbocycles. The Morgan fingerprint density at radius 3 is 2.09 bits per heavy atom. The molecule has 0 aliphatic heterocycles. The molecular formula is C31H49O2P. The molecule has 3 atom stereocenters. The molecule has 0 heterocycles. The molecule has 34 heavy (non-hydrogen) atoms. The predicted molar refractivity (Wildman–Crippen MR) is 151 cm³/mol. The third kappa shape index (κ3) is 6.06. The first-order valence-corrected chi connectivity index (χ1v) is 14.2. The van der Waals surface area contributed by atoms with Gasteiger partial charge in [-0.05, 0) is 46.0 Å². The van der Waals surface area contributed by atoms with Gasteiger partial charge in [0.05, 0.1) is 6.61 Å². The van der Waals surface area contributed by atoms with E-state index in [1.165, 1.54) is 10.9 Å². The summed E-state index contributed by atoms with van der Waals surface area (Å²) in [5, 5.41) is 23.1. The molecule has 2 aromatic rings. The fourth-order valence-corrected chi connectivity index (χ4v) is 6.76. The van der Waals surface area contributed by atoms with Gasteiger partial charge in [0.1, 0.15) is 5.75 Å². The molecule has 2 rings (SSSR count). The molecule has 0 radical (unpaired) electrons. The summed E-state index contributed by atoms with van der Waals surface area (Å²) in [6, 6.07) is 12.9. The molecule has 3 heteroatoms. The van der Waals surface area contributed by atoms with Crippen LogP contribution in [0.1, 0.15) is 117 Å². The van der Waals surface area contributed by atoms with E-state index in [0.29, 0.717) is 20.2 Å². The quantitative estimate of drug-likeness (QED) is 0.315. The monoisotopic (exact) mass is 484 g/mol. The van der Waals surface area contributed by atoms with E-state index in [-0.39, 0.29) is 22.6 Å². The minimum Gasteiger partial charge on any atom is -0.507 e. The number of aliphatic hydroxyl groups excluding tert-OH is 1. The highest BCUT2D eigenvalue weighted by molar-refractivity contribution is 7.48. The molecule has 0 aliphatic rings. The van der Waals surface area contributed by atoms with Crippen molar-refractivity contribution in [3.8, 4) is 5.75 Å². The summed E-state index contributed by atoms with van der Waals surface area (Å²) in [5.74, 6) is 0.941. The molecular weight excluding hydrogens is 435 g/mol. The zero-order valence-electron chi connectivity index (χ0n) is 23.2. The Balaban J connectivity index is 2.87. The van der Waals surface area contributed by atoms with Crippen LogP contribution in [0.25, 0.3) is 0 Å². The lowest BCUT2D eigenvalue weighted by molar-refractivity contribution is 0.283. The summed E-state index contributed by atoms with van der Waals surface area (Å²) < 4.78 is 0. The van der Waals surface area contributed by atoms with Crippen molar-refractivity contribution < 1.29 is 10.2 Å². The first-order chi connectivity index (χ1) is 15.9. The van der Waals surface area contributed by atoms with Gasteiger partial charge in [-0.2, -0.15) is 0 Å². The summed E-state index contributed by atoms with van der Waals surface area (Å²) in [7, 11) is 0.490. The maximum atomic E-state index is 12.0. The fraction of sp³-hybridized carbons (Fsp3) is 0.613. The molecule has 190 valence electrons. The van der Waals surface area contributed by atoms with E-state index >= 15 is 0 Å². The second kappa shape index (κ2) is 11.6. The van der Waals surface area contributed by atoms with Gasteiger partial charge in [0.25, 0.3) is 0 Å². The molecule has 0 saturated heterocycles. The van der Waals surface area contributed by atoms with Crippen molar-refractivity contribution >= 4 is 13.9 Å². The zero-order chi connectivity index (χ0) is 25.7. The molecule has 0 saturated carbocycles. The highest BCUT2D eigenvalue weighted by atomic mass is 31.1. The Morgan fingerprint density at radius 1 is 0.941 bits per heavy atom. The number of rotatable bonds is 11. The second-order valence-corrected chi connectivity index (χ2v) is 13.4. The molecule has 0 spiro atoms. The molecule has 0 amide bonds. The molecule has 0 fully saturated rings. The van der Waals surface area contributed by atoms with E-state index < -0.39 is 0 Å². The van der Waals surface area contributed by atoms with E-state index in [1.807, 2.05) is 12.1 Å². The number of aromatic hydroxyl groups is 1. The van der Waals surface area contributed by atoms with Gasteiger partial charge >= 0.3 is 0 Å². The van der Waals surface area contributed by atoms with Crippen LogP contribution in [0.15, 0.2) is 36.4 Å². The summed E-state index contributed by atoms with van der Waals surface area (Å²) in [6.07, 6.45) is 5.30. The number of benzene rings is 2. The third-order valence-corrected chi connectivity index (χ3v) is 10.3. The highest BCUT2D eigenvalue weighted by Gasteiger charge is 2.39. The lowest BCUT2D eigenvalue weighted by Crippen LogP contribution is -2.30. The van der Waals surface area contributed by atoms with Gasteiger partial charge < -0.3 is 10.2 Å². The van der Waals surface area contributed by atoms with Crippen molar-refractivity contribution in [1.82, 2.24) is 0 Å². The van der Waals surface area contributed by atoms with E-state index in [9.17, 15) is 10.2 Å². The van der Waals surface area contributed by atoms with Crippen LogP contribution in [-0.4, -0.2) is 10.2 Å². The predicted octanol–water partition coefficient (Wildman–Crippen LogP) is 8.31. The van der Waals surface area contributed by atoms with Crippen LogP contribution in [-0.2, 0) is 22.6 Å². The number of aliphatic hydroxyl groups is 1. The van der Waals surface area contributed by atoms with Crippen molar-refractivity contribution in [1.29, 1.82) is 0 Å². The van der Waals surface area contributed by atoms with E-state index in [0.717, 1.165) is 48.8 Å². The van der Waals surface area contributed by atoms with Gasteiger partial charge in [0.15, 0.2) is 0 Å². The Bertz CT molecular complexity index is 941. The standard InChI is InChI=1S/C31H49O2P/c1-10-13-18-31(12-3,34-27-17-15-14-16-23(27)21-32)26-20-24(29(5,6)7)19-25(28(26)33)30(8,9)22(4)11-2/h14-17,19-20,22,32-34H,10-13,18,21H2,1-9H3. The molecule has 0 aromatic heterocycles. The van der Waals surface area contributed by atoms with Crippen LogP contribution in [0, 0.1) is 5.92 Å². The third-order valence-electron chi connectivity index (χ3n) is 8.15. The fourth-order valence-electron chi connectivity index (χ4n) is 4.94. The van der Waals surface area contributed by atoms with Crippen molar-refractivity contribution in [2.45, 2.75) is 117 Å². The summed E-state index contributed by atoms with van der Waals surface area (Å²) in [5.41, 5.74) is 4.33. The summed E-state index contributed by atoms with van der Waals surface area (Å²) in [4.78, 5) is 0. The van der Waals surface area contributed by atoms with Gasteiger partial charge in [0, 0.05) is 16.3 Å². The van der Waals surface area contributed by atoms with Crippen molar-refractivity contribution in [2.75, 3.05) is 0 Å². The summed E-state index contributed by atoms with van der Waals surface area (Å²) in [6.45, 7) is 20.5. The normalized spacial score (nSPS) is 15.6. The first kappa shape index (κ1) is 28.9. The lowest BCUT2D eigenvalue weighted by atomic mass is 9.69. The van der Waals surface area contributed by atoms with Gasteiger partial charge in [0.2, 0.25) is 0 Å². The van der Waals surface area contributed by atoms with Crippen molar-refractivity contribution in [3.63, 3.8) is 0 Å². The van der Waals surface area contributed by atoms with E-state index in [1.54, 1.807) is 0 Å².